The second-order valence-corrected chi connectivity index (χ2v) is 4.83. The summed E-state index contributed by atoms with van der Waals surface area (Å²) in [5.74, 6) is -1.02. The van der Waals surface area contributed by atoms with Gasteiger partial charge in [-0.1, -0.05) is 13.8 Å². The molecule has 0 amide bonds. The van der Waals surface area contributed by atoms with Gasteiger partial charge in [-0.05, 0) is 22.0 Å². The third kappa shape index (κ3) is 2.21. The molecule has 1 atom stereocenters. The van der Waals surface area contributed by atoms with Crippen molar-refractivity contribution < 1.29 is 9.90 Å². The number of aliphatic carboxylic acids is 1. The second-order valence-electron chi connectivity index (χ2n) is 4.01. The largest absolute Gasteiger partial charge is 0.480 e. The van der Waals surface area contributed by atoms with Gasteiger partial charge in [0.25, 0.3) is 0 Å². The van der Waals surface area contributed by atoms with Crippen LogP contribution in [-0.2, 0) is 17.3 Å². The number of halogens is 1. The van der Waals surface area contributed by atoms with Crippen molar-refractivity contribution in [1.29, 1.82) is 0 Å². The van der Waals surface area contributed by atoms with Crippen LogP contribution in [0.2, 0.25) is 0 Å². The van der Waals surface area contributed by atoms with Crippen molar-refractivity contribution in [2.75, 3.05) is 0 Å². The van der Waals surface area contributed by atoms with Gasteiger partial charge in [-0.3, -0.25) is 9.48 Å². The number of nitrogens with two attached hydrogens (primary N) is 1. The topological polar surface area (TPSA) is 81.1 Å². The van der Waals surface area contributed by atoms with Gasteiger partial charge in [-0.15, -0.1) is 0 Å². The summed E-state index contributed by atoms with van der Waals surface area (Å²) in [7, 11) is 1.76. The average molecular weight is 276 g/mol. The summed E-state index contributed by atoms with van der Waals surface area (Å²) in [6.45, 7) is 3.57. The molecular weight excluding hydrogens is 262 g/mol. The Balaban J connectivity index is 3.15. The Labute approximate surface area is 96.4 Å². The van der Waals surface area contributed by atoms with Gasteiger partial charge in [0.05, 0.1) is 0 Å². The molecule has 0 aliphatic carbocycles. The molecule has 0 saturated heterocycles. The van der Waals surface area contributed by atoms with Crippen LogP contribution in [0.4, 0.5) is 0 Å². The van der Waals surface area contributed by atoms with Crippen molar-refractivity contribution in [2.24, 2.45) is 12.8 Å². The standard InChI is InChI=1S/C9H14BrN3O2/c1-9(2,7(11)8(14)15)5-4-6(10)12-13(5)3/h4,7H,11H2,1-3H3,(H,14,15). The predicted molar refractivity (Wildman–Crippen MR) is 59.5 cm³/mol. The molecule has 5 nitrogen and oxygen atoms in total. The molecule has 0 aromatic carbocycles. The first kappa shape index (κ1) is 12.2. The molecule has 0 fully saturated rings. The monoisotopic (exact) mass is 275 g/mol. The van der Waals surface area contributed by atoms with E-state index in [9.17, 15) is 4.79 Å². The van der Waals surface area contributed by atoms with E-state index in [-0.39, 0.29) is 0 Å². The Morgan fingerprint density at radius 2 is 2.27 bits per heavy atom. The van der Waals surface area contributed by atoms with Crippen LogP contribution in [0.1, 0.15) is 19.5 Å². The fourth-order valence-corrected chi connectivity index (χ4v) is 1.96. The summed E-state index contributed by atoms with van der Waals surface area (Å²) in [4.78, 5) is 10.9. The molecule has 1 unspecified atom stereocenters. The first-order chi connectivity index (χ1) is 6.76. The van der Waals surface area contributed by atoms with Crippen LogP contribution in [0.25, 0.3) is 0 Å². The minimum Gasteiger partial charge on any atom is -0.480 e. The Kier molecular flexibility index (Phi) is 3.20. The van der Waals surface area contributed by atoms with Gasteiger partial charge in [-0.2, -0.15) is 5.10 Å². The Morgan fingerprint density at radius 1 is 1.73 bits per heavy atom. The highest BCUT2D eigenvalue weighted by Crippen LogP contribution is 2.27. The molecule has 6 heteroatoms. The molecule has 84 valence electrons. The Morgan fingerprint density at radius 3 is 2.60 bits per heavy atom. The van der Waals surface area contributed by atoms with Gasteiger partial charge >= 0.3 is 5.97 Å². The SMILES string of the molecule is Cn1nc(Br)cc1C(C)(C)C(N)C(=O)O. The summed E-state index contributed by atoms with van der Waals surface area (Å²) in [6, 6.07) is 0.822. The van der Waals surface area contributed by atoms with Gasteiger partial charge in [-0.25, -0.2) is 0 Å². The Hall–Kier alpha value is -0.880. The maximum absolute atomic E-state index is 10.9. The molecular formula is C9H14BrN3O2. The van der Waals surface area contributed by atoms with E-state index >= 15 is 0 Å². The van der Waals surface area contributed by atoms with E-state index in [1.54, 1.807) is 31.6 Å². The smallest absolute Gasteiger partial charge is 0.321 e. The van der Waals surface area contributed by atoms with Crippen LogP contribution in [0, 0.1) is 0 Å². The zero-order valence-corrected chi connectivity index (χ0v) is 10.4. The van der Waals surface area contributed by atoms with E-state index in [0.717, 1.165) is 5.69 Å². The van der Waals surface area contributed by atoms with E-state index in [2.05, 4.69) is 21.0 Å². The summed E-state index contributed by atoms with van der Waals surface area (Å²) in [5, 5.41) is 13.0. The minimum absolute atomic E-state index is 0.667. The van der Waals surface area contributed by atoms with Crippen molar-refractivity contribution >= 4 is 21.9 Å². The fraction of sp³-hybridized carbons (Fsp3) is 0.556. The van der Waals surface area contributed by atoms with Crippen LogP contribution in [-0.4, -0.2) is 26.9 Å². The van der Waals surface area contributed by atoms with Crippen molar-refractivity contribution in [3.63, 3.8) is 0 Å². The van der Waals surface area contributed by atoms with Crippen LogP contribution < -0.4 is 5.73 Å². The van der Waals surface area contributed by atoms with E-state index < -0.39 is 17.4 Å². The summed E-state index contributed by atoms with van der Waals surface area (Å²) >= 11 is 3.24. The number of carboxylic acid groups (broad SMARTS) is 1. The number of carbonyl (C=O) groups is 1. The molecule has 1 rings (SSSR count). The zero-order valence-electron chi connectivity index (χ0n) is 8.86. The maximum atomic E-state index is 10.9. The highest BCUT2D eigenvalue weighted by molar-refractivity contribution is 9.10. The van der Waals surface area contributed by atoms with Gasteiger partial charge in [0.1, 0.15) is 10.6 Å². The first-order valence-corrected chi connectivity index (χ1v) is 5.24. The van der Waals surface area contributed by atoms with Gasteiger partial charge in [0.15, 0.2) is 0 Å². The van der Waals surface area contributed by atoms with E-state index in [1.807, 2.05) is 0 Å². The molecule has 0 spiro atoms. The number of nitrogens with zero attached hydrogens (tertiary/aromatic N) is 2. The third-order valence-electron chi connectivity index (χ3n) is 2.55. The van der Waals surface area contributed by atoms with Gasteiger partial charge in [0, 0.05) is 18.2 Å². The normalized spacial score (nSPS) is 13.9. The molecule has 0 radical (unpaired) electrons. The quantitative estimate of drug-likeness (QED) is 0.858. The molecule has 0 aliphatic heterocycles. The highest BCUT2D eigenvalue weighted by atomic mass is 79.9. The molecule has 3 N–H and O–H groups in total. The lowest BCUT2D eigenvalue weighted by atomic mass is 9.81. The molecule has 15 heavy (non-hydrogen) atoms. The van der Waals surface area contributed by atoms with Crippen LogP contribution in [0.3, 0.4) is 0 Å². The summed E-state index contributed by atoms with van der Waals surface area (Å²) in [6.07, 6.45) is 0. The third-order valence-corrected chi connectivity index (χ3v) is 2.94. The van der Waals surface area contributed by atoms with Crippen molar-refractivity contribution in [3.05, 3.63) is 16.4 Å². The number of hydrogen-bond donors (Lipinski definition) is 2. The first-order valence-electron chi connectivity index (χ1n) is 4.45. The molecule has 1 aromatic heterocycles. The van der Waals surface area contributed by atoms with Gasteiger partial charge < -0.3 is 10.8 Å². The van der Waals surface area contributed by atoms with Gasteiger partial charge in [0.2, 0.25) is 0 Å². The van der Waals surface area contributed by atoms with Crippen LogP contribution in [0.15, 0.2) is 10.7 Å². The number of rotatable bonds is 3. The lowest BCUT2D eigenvalue weighted by Gasteiger charge is -2.28. The van der Waals surface area contributed by atoms with Crippen LogP contribution in [0.5, 0.6) is 0 Å². The fourth-order valence-electron chi connectivity index (χ4n) is 1.50. The molecule has 0 aliphatic rings. The van der Waals surface area contributed by atoms with E-state index in [0.29, 0.717) is 4.60 Å². The van der Waals surface area contributed by atoms with E-state index in [1.165, 1.54) is 0 Å². The summed E-state index contributed by atoms with van der Waals surface area (Å²) in [5.41, 5.74) is 5.76. The highest BCUT2D eigenvalue weighted by Gasteiger charge is 2.36. The minimum atomic E-state index is -1.02. The van der Waals surface area contributed by atoms with Crippen molar-refractivity contribution in [3.8, 4) is 0 Å². The number of aromatic nitrogens is 2. The molecule has 0 bridgehead atoms. The molecule has 1 heterocycles. The second kappa shape index (κ2) is 3.94. The number of hydrogen-bond acceptors (Lipinski definition) is 3. The average Bonchev–Trinajstić information content (AvgIpc) is 2.44. The predicted octanol–water partition coefficient (Wildman–Crippen LogP) is 0.872. The number of carboxylic acids is 1. The lowest BCUT2D eigenvalue weighted by Crippen LogP contribution is -2.47. The number of aryl methyl sites for hydroxylation is 1. The molecule has 1 aromatic rings. The maximum Gasteiger partial charge on any atom is 0.321 e. The van der Waals surface area contributed by atoms with Crippen LogP contribution >= 0.6 is 15.9 Å². The summed E-state index contributed by atoms with van der Waals surface area (Å²) < 4.78 is 2.30. The van der Waals surface area contributed by atoms with E-state index in [4.69, 9.17) is 10.8 Å². The lowest BCUT2D eigenvalue weighted by molar-refractivity contribution is -0.140. The van der Waals surface area contributed by atoms with Crippen molar-refractivity contribution in [2.45, 2.75) is 25.3 Å². The Bertz CT molecular complexity index is 387. The molecule has 0 saturated carbocycles. The van der Waals surface area contributed by atoms with Crippen molar-refractivity contribution in [1.82, 2.24) is 9.78 Å². The zero-order chi connectivity index (χ0) is 11.8.